The highest BCUT2D eigenvalue weighted by atomic mass is 35.5. The number of nitrogens with zero attached hydrogens (tertiary/aromatic N) is 15. The summed E-state index contributed by atoms with van der Waals surface area (Å²) in [6, 6.07) is 32.7. The minimum Gasteiger partial charge on any atom is -0.486 e. The third kappa shape index (κ3) is 12.2. The van der Waals surface area contributed by atoms with Crippen molar-refractivity contribution in [1.29, 1.82) is 0 Å². The average molecular weight is 1370 g/mol. The first-order chi connectivity index (χ1) is 46.6. The van der Waals surface area contributed by atoms with Gasteiger partial charge in [0.25, 0.3) is 23.6 Å². The highest BCUT2D eigenvalue weighted by Gasteiger charge is 2.40. The predicted molar refractivity (Wildman–Crippen MR) is 356 cm³/mol. The fourth-order valence-corrected chi connectivity index (χ4v) is 12.2. The number of hydrogen-bond acceptors (Lipinski definition) is 14. The summed E-state index contributed by atoms with van der Waals surface area (Å²) in [4.78, 5) is 74.1. The average Bonchev–Trinajstić information content (AvgIpc) is 1.62. The molecule has 0 bridgehead atoms. The Morgan fingerprint density at radius 2 is 0.927 bits per heavy atom. The van der Waals surface area contributed by atoms with Crippen molar-refractivity contribution in [2.75, 3.05) is 52.5 Å². The van der Waals surface area contributed by atoms with Crippen molar-refractivity contribution in [1.82, 2.24) is 78.4 Å². The van der Waals surface area contributed by atoms with Crippen molar-refractivity contribution in [3.8, 4) is 56.5 Å². The molecule has 1 aliphatic carbocycles. The number of carbonyl (C=O) groups excluding carboxylic acids is 4. The summed E-state index contributed by atoms with van der Waals surface area (Å²) in [5, 5.41) is 21.7. The molecular formula is C68H56Cl4F2N16O6. The molecule has 486 valence electrons. The van der Waals surface area contributed by atoms with Crippen LogP contribution in [0.2, 0.25) is 20.1 Å². The first-order valence-electron chi connectivity index (χ1n) is 30.8. The van der Waals surface area contributed by atoms with Gasteiger partial charge in [0.1, 0.15) is 48.0 Å². The van der Waals surface area contributed by atoms with Crippen LogP contribution in [0.5, 0.6) is 11.5 Å². The van der Waals surface area contributed by atoms with E-state index in [1.165, 1.54) is 22.8 Å². The molecule has 2 atom stereocenters. The van der Waals surface area contributed by atoms with Gasteiger partial charge in [0, 0.05) is 108 Å². The first kappa shape index (κ1) is 63.3. The first-order valence-corrected chi connectivity index (χ1v) is 32.3. The number of rotatable bonds is 9. The van der Waals surface area contributed by atoms with Crippen LogP contribution in [0.3, 0.4) is 0 Å². The largest absolute Gasteiger partial charge is 0.486 e. The Bertz CT molecular complexity index is 5070. The molecule has 1 N–H and O–H groups in total. The zero-order valence-corrected chi connectivity index (χ0v) is 54.4. The topological polar surface area (TPSA) is 229 Å². The zero-order valence-electron chi connectivity index (χ0n) is 51.3. The second-order valence-corrected chi connectivity index (χ2v) is 24.8. The molecule has 4 aliphatic heterocycles. The molecule has 4 amide bonds. The number of benzene rings is 4. The second kappa shape index (κ2) is 26.6. The fourth-order valence-electron chi connectivity index (χ4n) is 11.3. The molecule has 12 heterocycles. The van der Waals surface area contributed by atoms with Gasteiger partial charge >= 0.3 is 0 Å². The minimum absolute atomic E-state index is 0.00553. The van der Waals surface area contributed by atoms with E-state index in [-0.39, 0.29) is 46.1 Å². The Morgan fingerprint density at radius 1 is 0.500 bits per heavy atom. The van der Waals surface area contributed by atoms with Gasteiger partial charge in [-0.15, -0.1) is 0 Å². The van der Waals surface area contributed by atoms with Crippen LogP contribution >= 0.6 is 46.4 Å². The third-order valence-corrected chi connectivity index (χ3v) is 18.2. The highest BCUT2D eigenvalue weighted by Crippen LogP contribution is 2.39. The number of halogens is 6. The van der Waals surface area contributed by atoms with Gasteiger partial charge in [-0.1, -0.05) is 58.5 Å². The predicted octanol–water partition coefficient (Wildman–Crippen LogP) is 12.1. The van der Waals surface area contributed by atoms with Crippen molar-refractivity contribution in [2.45, 2.75) is 51.7 Å². The van der Waals surface area contributed by atoms with Gasteiger partial charge in [-0.2, -0.15) is 20.4 Å². The Hall–Kier alpha value is -10.1. The Kier molecular flexibility index (Phi) is 17.5. The molecule has 8 aromatic heterocycles. The van der Waals surface area contributed by atoms with Gasteiger partial charge in [-0.25, -0.2) is 46.8 Å². The highest BCUT2D eigenvalue weighted by molar-refractivity contribution is 6.36. The van der Waals surface area contributed by atoms with E-state index < -0.39 is 23.9 Å². The maximum atomic E-state index is 14.4. The lowest BCUT2D eigenvalue weighted by molar-refractivity contribution is 0.0640. The molecule has 5 aliphatic rings. The summed E-state index contributed by atoms with van der Waals surface area (Å²) in [5.74, 6) is 0.0421. The molecule has 3 saturated heterocycles. The van der Waals surface area contributed by atoms with Gasteiger partial charge in [-0.3, -0.25) is 19.2 Å². The van der Waals surface area contributed by atoms with Crippen LogP contribution in [0.25, 0.3) is 67.6 Å². The van der Waals surface area contributed by atoms with Crippen LogP contribution in [0.15, 0.2) is 140 Å². The van der Waals surface area contributed by atoms with E-state index in [0.717, 1.165) is 86.9 Å². The van der Waals surface area contributed by atoms with Gasteiger partial charge in [0.2, 0.25) is 0 Å². The maximum absolute atomic E-state index is 14.4. The van der Waals surface area contributed by atoms with Gasteiger partial charge < -0.3 is 29.5 Å². The van der Waals surface area contributed by atoms with Crippen LogP contribution in [-0.4, -0.2) is 161 Å². The number of alkyl halides is 1. The van der Waals surface area contributed by atoms with Crippen molar-refractivity contribution >= 4 is 92.6 Å². The molecule has 28 heteroatoms. The smallest absolute Gasteiger partial charge is 0.274 e. The number of hydrogen-bond donors (Lipinski definition) is 1. The van der Waals surface area contributed by atoms with E-state index in [1.54, 1.807) is 73.4 Å². The lowest BCUT2D eigenvalue weighted by Gasteiger charge is -2.30. The standard InChI is InChI=1S/C18H17ClN4O.C18H16N4O3.C16H12Cl2N4O.C16H11ClF2N4O/c1-11-6-7-13(12(2)15(11)19)17-16(18(24)22-9-4-10-22)21-14-5-3-8-20-23(14)17;23-18(21-7-2-8-21)16-17(22-15(20-16)3-1-6-19-22)12-4-5-13-14(11-12)25-10-9-24-13;17-10-4-5-11(12(18)9-10)15-14(16(23)21-7-2-8-21)20-13-3-1-6-19-22(13)15;17-8-3-4-9(10(18)6-8)15-14(16(24)21-12-7-11(12)19)22-13-2-1-5-20-23(13)15/h3,5-8H,4,9-10H2,1-2H3;1,3-6,11H,2,7-10H2;1,3-6,9H,2,7-8H2;1-6,11-12H,7H2,(H,21,24)/t;;;11-,12+/m...0/s1. The van der Waals surface area contributed by atoms with E-state index >= 15 is 0 Å². The molecule has 4 aromatic carbocycles. The molecule has 4 fully saturated rings. The van der Waals surface area contributed by atoms with Gasteiger partial charge in [0.05, 0.1) is 11.1 Å². The van der Waals surface area contributed by atoms with Crippen LogP contribution < -0.4 is 14.8 Å². The van der Waals surface area contributed by atoms with Crippen LogP contribution in [0, 0.1) is 19.7 Å². The number of fused-ring (bicyclic) bond motifs is 5. The number of carbonyl (C=O) groups is 4. The normalized spacial score (nSPS) is 15.9. The maximum Gasteiger partial charge on any atom is 0.274 e. The molecule has 22 nitrogen and oxygen atoms in total. The van der Waals surface area contributed by atoms with E-state index in [1.807, 2.05) is 84.3 Å². The lowest BCUT2D eigenvalue weighted by atomic mass is 10.0. The number of nitrogens with one attached hydrogen (secondary N) is 1. The lowest BCUT2D eigenvalue weighted by Crippen LogP contribution is -2.42. The van der Waals surface area contributed by atoms with Crippen molar-refractivity contribution in [3.63, 3.8) is 0 Å². The monoisotopic (exact) mass is 1370 g/mol. The number of amides is 4. The summed E-state index contributed by atoms with van der Waals surface area (Å²) < 4.78 is 45.2. The molecule has 0 radical (unpaired) electrons. The summed E-state index contributed by atoms with van der Waals surface area (Å²) in [7, 11) is 0. The summed E-state index contributed by atoms with van der Waals surface area (Å²) in [6.07, 6.45) is 8.89. The second-order valence-electron chi connectivity index (χ2n) is 23.2. The van der Waals surface area contributed by atoms with Gasteiger partial charge in [-0.05, 0) is 147 Å². The number of likely N-dealkylation sites (tertiary alicyclic amines) is 3. The van der Waals surface area contributed by atoms with E-state index in [4.69, 9.17) is 55.9 Å². The zero-order chi connectivity index (χ0) is 66.5. The van der Waals surface area contributed by atoms with Gasteiger partial charge in [0.15, 0.2) is 56.9 Å². The minimum atomic E-state index is -1.04. The summed E-state index contributed by atoms with van der Waals surface area (Å²) in [5.41, 5.74) is 10.2. The molecule has 0 spiro atoms. The summed E-state index contributed by atoms with van der Waals surface area (Å²) >= 11 is 24.6. The van der Waals surface area contributed by atoms with Crippen LogP contribution in [0.4, 0.5) is 8.78 Å². The van der Waals surface area contributed by atoms with E-state index in [2.05, 4.69) is 45.6 Å². The van der Waals surface area contributed by atoms with E-state index in [0.29, 0.717) is 102 Å². The molecule has 17 rings (SSSR count). The fraction of sp³-hybridized carbons (Fsp3) is 0.235. The molecule has 96 heavy (non-hydrogen) atoms. The van der Waals surface area contributed by atoms with Crippen LogP contribution in [0.1, 0.15) is 78.8 Å². The van der Waals surface area contributed by atoms with E-state index in [9.17, 15) is 28.0 Å². The molecule has 12 aromatic rings. The van der Waals surface area contributed by atoms with Crippen molar-refractivity contribution in [3.05, 3.63) is 200 Å². The Labute approximate surface area is 565 Å². The van der Waals surface area contributed by atoms with Crippen molar-refractivity contribution in [2.24, 2.45) is 0 Å². The number of ether oxygens (including phenoxy) is 2. The quantitative estimate of drug-likeness (QED) is 0.142. The van der Waals surface area contributed by atoms with Crippen LogP contribution in [-0.2, 0) is 0 Å². The SMILES string of the molecule is Cc1ccc(-c2c(C(=O)N3CCC3)nc3cccnn23)c(C)c1Cl.O=C(N[C@@H]1C[C@@H]1F)c1nc2cccnn2c1-c1ccc(Cl)cc1F.O=C(c1nc2cccnn2c1-c1ccc(Cl)cc1Cl)N1CCC1.O=C(c1nc2cccnn2c1-c1ccc2c(c1)OCCO2)N1CCC1. The summed E-state index contributed by atoms with van der Waals surface area (Å²) in [6.45, 7) is 9.64. The third-order valence-electron chi connectivity index (χ3n) is 16.9. The molecular weight excluding hydrogens is 1320 g/mol. The number of aromatic nitrogens is 12. The number of imidazole rings is 4. The van der Waals surface area contributed by atoms with Crippen molar-refractivity contribution < 1.29 is 37.4 Å². The Balaban J connectivity index is 0.000000110. The molecule has 1 saturated carbocycles. The Morgan fingerprint density at radius 3 is 1.40 bits per heavy atom. The number of aryl methyl sites for hydroxylation is 1. The molecule has 0 unspecified atom stereocenters.